The molecule has 3 aliphatic carbocycles. The Kier molecular flexibility index (Phi) is 3.71. The Labute approximate surface area is 136 Å². The maximum atomic E-state index is 11.7. The fraction of sp³-hybridized carbons (Fsp3) is 0.765. The number of nitrogens with one attached hydrogen (secondary N) is 1. The Morgan fingerprint density at radius 3 is 2.78 bits per heavy atom. The Balaban J connectivity index is 2.08. The zero-order valence-electron chi connectivity index (χ0n) is 14.1. The lowest BCUT2D eigenvalue weighted by Gasteiger charge is -2.53. The number of nitrogens with zero attached hydrogens (tertiary/aromatic N) is 1. The molecule has 2 bridgehead atoms. The van der Waals surface area contributed by atoms with Crippen molar-refractivity contribution in [2.24, 2.45) is 33.4 Å². The summed E-state index contributed by atoms with van der Waals surface area (Å²) in [5.74, 6) is 0.221. The van der Waals surface area contributed by atoms with Gasteiger partial charge in [-0.1, -0.05) is 13.8 Å². The van der Waals surface area contributed by atoms with Crippen LogP contribution >= 0.6 is 0 Å². The van der Waals surface area contributed by atoms with Crippen LogP contribution in [0.15, 0.2) is 16.1 Å². The van der Waals surface area contributed by atoms with Gasteiger partial charge in [0.1, 0.15) is 0 Å². The van der Waals surface area contributed by atoms with Crippen molar-refractivity contribution in [2.45, 2.75) is 45.6 Å². The van der Waals surface area contributed by atoms with Gasteiger partial charge in [-0.2, -0.15) is 0 Å². The molecule has 0 saturated heterocycles. The third-order valence-electron chi connectivity index (χ3n) is 6.98. The van der Waals surface area contributed by atoms with E-state index in [0.29, 0.717) is 30.8 Å². The number of hydrogen-bond acceptors (Lipinski definition) is 3. The number of fused-ring (bicyclic) bond motifs is 1. The zero-order valence-corrected chi connectivity index (χ0v) is 14.1. The van der Waals surface area contributed by atoms with Crippen molar-refractivity contribution in [1.29, 1.82) is 0 Å². The van der Waals surface area contributed by atoms with Gasteiger partial charge in [0.05, 0.1) is 11.7 Å². The molecule has 3 aliphatic rings. The highest BCUT2D eigenvalue weighted by Crippen LogP contribution is 2.72. The number of aliphatic carboxylic acids is 1. The van der Waals surface area contributed by atoms with E-state index in [0.717, 1.165) is 24.8 Å². The summed E-state index contributed by atoms with van der Waals surface area (Å²) < 4.78 is 0. The van der Waals surface area contributed by atoms with Gasteiger partial charge < -0.3 is 21.3 Å². The second-order valence-corrected chi connectivity index (χ2v) is 7.65. The van der Waals surface area contributed by atoms with Crippen LogP contribution in [0.2, 0.25) is 0 Å². The standard InChI is InChI=1S/C17H27N3O3/c1-9-4-5-10-6-11-13(14(22)23)12(21)7-17(9,11)16(10,2)8-20-15(18)19-3/h9-10,12,21H,4-8H2,1-3H3,(H,22,23)(H3,18,19,20). The monoisotopic (exact) mass is 321 g/mol. The molecule has 2 fully saturated rings. The number of carboxylic acid groups (broad SMARTS) is 1. The molecular weight excluding hydrogens is 294 g/mol. The Morgan fingerprint density at radius 2 is 2.17 bits per heavy atom. The van der Waals surface area contributed by atoms with Crippen LogP contribution in [-0.4, -0.2) is 41.8 Å². The predicted molar refractivity (Wildman–Crippen MR) is 87.9 cm³/mol. The van der Waals surface area contributed by atoms with Crippen LogP contribution in [0.5, 0.6) is 0 Å². The first-order valence-corrected chi connectivity index (χ1v) is 8.39. The second-order valence-electron chi connectivity index (χ2n) is 7.65. The molecule has 0 amide bonds. The van der Waals surface area contributed by atoms with Crippen molar-refractivity contribution in [3.8, 4) is 0 Å². The van der Waals surface area contributed by atoms with Crippen molar-refractivity contribution in [1.82, 2.24) is 5.32 Å². The van der Waals surface area contributed by atoms with E-state index in [4.69, 9.17) is 5.73 Å². The van der Waals surface area contributed by atoms with E-state index in [1.807, 2.05) is 0 Å². The van der Waals surface area contributed by atoms with Gasteiger partial charge >= 0.3 is 5.97 Å². The van der Waals surface area contributed by atoms with Crippen molar-refractivity contribution in [3.63, 3.8) is 0 Å². The quantitative estimate of drug-likeness (QED) is 0.460. The molecule has 5 atom stereocenters. The molecule has 0 aromatic heterocycles. The SMILES string of the molecule is CN=C(N)NCC1(C)C2CCC(C)C13CC(O)C(C(=O)O)=C3C2. The van der Waals surface area contributed by atoms with Gasteiger partial charge in [-0.05, 0) is 48.5 Å². The minimum absolute atomic E-state index is 0.118. The zero-order chi connectivity index (χ0) is 17.0. The number of rotatable bonds is 3. The van der Waals surface area contributed by atoms with E-state index in [9.17, 15) is 15.0 Å². The van der Waals surface area contributed by atoms with Gasteiger partial charge in [0.2, 0.25) is 0 Å². The summed E-state index contributed by atoms with van der Waals surface area (Å²) in [5.41, 5.74) is 6.70. The van der Waals surface area contributed by atoms with Gasteiger partial charge in [-0.15, -0.1) is 0 Å². The first-order chi connectivity index (χ1) is 10.8. The first-order valence-electron chi connectivity index (χ1n) is 8.39. The molecule has 1 spiro atoms. The molecule has 128 valence electrons. The molecule has 23 heavy (non-hydrogen) atoms. The highest BCUT2D eigenvalue weighted by Gasteiger charge is 2.68. The Hall–Kier alpha value is -1.56. The van der Waals surface area contributed by atoms with Crippen LogP contribution in [-0.2, 0) is 4.79 Å². The van der Waals surface area contributed by atoms with E-state index in [2.05, 4.69) is 24.2 Å². The number of aliphatic hydroxyl groups excluding tert-OH is 1. The van der Waals surface area contributed by atoms with Crippen molar-refractivity contribution in [2.75, 3.05) is 13.6 Å². The highest BCUT2D eigenvalue weighted by molar-refractivity contribution is 5.90. The molecule has 0 aromatic carbocycles. The topological polar surface area (TPSA) is 108 Å². The lowest BCUT2D eigenvalue weighted by Crippen LogP contribution is -2.54. The third-order valence-corrected chi connectivity index (χ3v) is 6.98. The Bertz CT molecular complexity index is 600. The number of hydrogen-bond donors (Lipinski definition) is 4. The summed E-state index contributed by atoms with van der Waals surface area (Å²) >= 11 is 0. The molecule has 6 heteroatoms. The summed E-state index contributed by atoms with van der Waals surface area (Å²) in [4.78, 5) is 15.7. The minimum atomic E-state index is -0.964. The highest BCUT2D eigenvalue weighted by atomic mass is 16.4. The van der Waals surface area contributed by atoms with E-state index in [1.165, 1.54) is 0 Å². The predicted octanol–water partition coefficient (Wildman–Crippen LogP) is 1.11. The maximum absolute atomic E-state index is 11.7. The molecule has 0 aliphatic heterocycles. The maximum Gasteiger partial charge on any atom is 0.334 e. The number of allylic oxidation sites excluding steroid dienone is 1. The fourth-order valence-corrected chi connectivity index (χ4v) is 5.78. The van der Waals surface area contributed by atoms with E-state index < -0.39 is 12.1 Å². The summed E-state index contributed by atoms with van der Waals surface area (Å²) in [6, 6.07) is 0. The fourth-order valence-electron chi connectivity index (χ4n) is 5.78. The number of carboxylic acids is 1. The lowest BCUT2D eigenvalue weighted by atomic mass is 9.52. The Morgan fingerprint density at radius 1 is 1.48 bits per heavy atom. The van der Waals surface area contributed by atoms with E-state index in [-0.39, 0.29) is 16.4 Å². The van der Waals surface area contributed by atoms with Crippen molar-refractivity contribution in [3.05, 3.63) is 11.1 Å². The summed E-state index contributed by atoms with van der Waals surface area (Å²) in [6.45, 7) is 5.09. The largest absolute Gasteiger partial charge is 0.478 e. The molecule has 0 heterocycles. The lowest BCUT2D eigenvalue weighted by molar-refractivity contribution is -0.133. The van der Waals surface area contributed by atoms with Gasteiger partial charge in [-0.25, -0.2) is 4.79 Å². The second kappa shape index (κ2) is 5.23. The molecule has 6 nitrogen and oxygen atoms in total. The molecular formula is C17H27N3O3. The molecule has 0 radical (unpaired) electrons. The van der Waals surface area contributed by atoms with Gasteiger partial charge in [-0.3, -0.25) is 4.99 Å². The van der Waals surface area contributed by atoms with Crippen molar-refractivity contribution < 1.29 is 15.0 Å². The average molecular weight is 321 g/mol. The normalized spacial score (nSPS) is 42.8. The van der Waals surface area contributed by atoms with Crippen LogP contribution in [0.3, 0.4) is 0 Å². The molecule has 5 N–H and O–H groups in total. The number of aliphatic hydroxyl groups is 1. The average Bonchev–Trinajstić information content (AvgIpc) is 2.85. The summed E-state index contributed by atoms with van der Waals surface area (Å²) in [5, 5.41) is 23.2. The minimum Gasteiger partial charge on any atom is -0.478 e. The molecule has 5 unspecified atom stereocenters. The van der Waals surface area contributed by atoms with E-state index >= 15 is 0 Å². The van der Waals surface area contributed by atoms with Crippen LogP contribution in [0.25, 0.3) is 0 Å². The van der Waals surface area contributed by atoms with Crippen LogP contribution in [0.4, 0.5) is 0 Å². The van der Waals surface area contributed by atoms with Crippen LogP contribution < -0.4 is 11.1 Å². The smallest absolute Gasteiger partial charge is 0.334 e. The molecule has 2 saturated carbocycles. The van der Waals surface area contributed by atoms with Crippen molar-refractivity contribution >= 4 is 11.9 Å². The number of guanidine groups is 1. The first kappa shape index (κ1) is 16.3. The number of carbonyl (C=O) groups is 1. The summed E-state index contributed by atoms with van der Waals surface area (Å²) in [7, 11) is 1.65. The molecule has 3 rings (SSSR count). The van der Waals surface area contributed by atoms with Gasteiger partial charge in [0, 0.05) is 19.0 Å². The van der Waals surface area contributed by atoms with Gasteiger partial charge in [0.25, 0.3) is 0 Å². The van der Waals surface area contributed by atoms with E-state index in [1.54, 1.807) is 7.05 Å². The van der Waals surface area contributed by atoms with Crippen LogP contribution in [0.1, 0.15) is 39.5 Å². The molecule has 0 aromatic rings. The van der Waals surface area contributed by atoms with Gasteiger partial charge in [0.15, 0.2) is 5.96 Å². The number of nitrogens with two attached hydrogens (primary N) is 1. The number of aliphatic imine (C=N–C) groups is 1. The third kappa shape index (κ3) is 1.97. The van der Waals surface area contributed by atoms with Crippen LogP contribution in [0, 0.1) is 22.7 Å². The summed E-state index contributed by atoms with van der Waals surface area (Å²) in [6.07, 6.45) is 2.62.